The Labute approximate surface area is 132 Å². The maximum atomic E-state index is 5.65. The topological polar surface area (TPSA) is 81.4 Å². The van der Waals surface area contributed by atoms with E-state index in [9.17, 15) is 0 Å². The lowest BCUT2D eigenvalue weighted by Gasteiger charge is -2.28. The molecule has 0 atom stereocenters. The van der Waals surface area contributed by atoms with E-state index in [1.807, 2.05) is 20.8 Å². The van der Waals surface area contributed by atoms with Gasteiger partial charge in [0.05, 0.1) is 0 Å². The lowest BCUT2D eigenvalue weighted by Crippen LogP contribution is -2.46. The molecule has 2 N–H and O–H groups in total. The molecule has 7 nitrogen and oxygen atoms in total. The molecule has 0 heterocycles. The molecule has 0 aromatic heterocycles. The van der Waals surface area contributed by atoms with Gasteiger partial charge in [-0.15, -0.1) is 0 Å². The summed E-state index contributed by atoms with van der Waals surface area (Å²) >= 11 is 0. The molecule has 0 fully saturated rings. The third-order valence-corrected chi connectivity index (χ3v) is 6.66. The van der Waals surface area contributed by atoms with Gasteiger partial charge in [-0.1, -0.05) is 0 Å². The SMILES string of the molecule is CCO[Si](CCCN)(OCC)OCC.CO[SiH](OC)OC. The molecule has 0 aromatic rings. The molecule has 0 aliphatic rings. The Hall–Kier alpha value is 0.154. The van der Waals surface area contributed by atoms with Gasteiger partial charge in [-0.05, 0) is 33.7 Å². The number of rotatable bonds is 12. The highest BCUT2D eigenvalue weighted by Gasteiger charge is 2.39. The molecule has 0 aliphatic carbocycles. The average Bonchev–Trinajstić information content (AvgIpc) is 2.48. The first-order valence-corrected chi connectivity index (χ1v) is 10.6. The molecule has 21 heavy (non-hydrogen) atoms. The molecule has 0 bridgehead atoms. The maximum Gasteiger partial charge on any atom is 0.500 e. The van der Waals surface area contributed by atoms with Crippen LogP contribution in [-0.2, 0) is 26.6 Å². The molecule has 9 heteroatoms. The predicted molar refractivity (Wildman–Crippen MR) is 87.3 cm³/mol. The van der Waals surface area contributed by atoms with Crippen molar-refractivity contribution in [3.63, 3.8) is 0 Å². The Morgan fingerprint density at radius 3 is 1.38 bits per heavy atom. The molecule has 0 radical (unpaired) electrons. The molecule has 0 saturated heterocycles. The zero-order valence-electron chi connectivity index (χ0n) is 14.3. The highest BCUT2D eigenvalue weighted by Crippen LogP contribution is 2.17. The zero-order chi connectivity index (χ0) is 16.6. The van der Waals surface area contributed by atoms with Gasteiger partial charge >= 0.3 is 18.3 Å². The quantitative estimate of drug-likeness (QED) is 0.530. The van der Waals surface area contributed by atoms with Crippen LogP contribution in [0.3, 0.4) is 0 Å². The summed E-state index contributed by atoms with van der Waals surface area (Å²) in [5, 5.41) is 0. The second-order valence-corrected chi connectivity index (χ2v) is 8.59. The minimum atomic E-state index is -2.40. The van der Waals surface area contributed by atoms with Crippen LogP contribution in [0.4, 0.5) is 0 Å². The van der Waals surface area contributed by atoms with Crippen LogP contribution in [0.25, 0.3) is 0 Å². The lowest BCUT2D eigenvalue weighted by atomic mass is 10.5. The fraction of sp³-hybridized carbons (Fsp3) is 1.00. The van der Waals surface area contributed by atoms with Gasteiger partial charge in [0, 0.05) is 47.2 Å². The van der Waals surface area contributed by atoms with Gasteiger partial charge in [-0.25, -0.2) is 0 Å². The van der Waals surface area contributed by atoms with E-state index in [-0.39, 0.29) is 0 Å². The van der Waals surface area contributed by atoms with Crippen LogP contribution in [0.5, 0.6) is 0 Å². The monoisotopic (exact) mass is 343 g/mol. The summed E-state index contributed by atoms with van der Waals surface area (Å²) in [6.07, 6.45) is 0.895. The number of nitrogens with two attached hydrogens (primary N) is 1. The van der Waals surface area contributed by atoms with Gasteiger partial charge in [-0.3, -0.25) is 0 Å². The summed E-state index contributed by atoms with van der Waals surface area (Å²) in [7, 11) is 0.652. The molecule has 0 aromatic carbocycles. The Balaban J connectivity index is 0. The van der Waals surface area contributed by atoms with Gasteiger partial charge in [0.15, 0.2) is 0 Å². The summed E-state index contributed by atoms with van der Waals surface area (Å²) in [4.78, 5) is 0. The van der Waals surface area contributed by atoms with Crippen LogP contribution in [0, 0.1) is 0 Å². The van der Waals surface area contributed by atoms with E-state index >= 15 is 0 Å². The summed E-state index contributed by atoms with van der Waals surface area (Å²) in [5.74, 6) is 0. The highest BCUT2D eigenvalue weighted by molar-refractivity contribution is 6.60. The van der Waals surface area contributed by atoms with E-state index in [1.54, 1.807) is 21.3 Å². The average molecular weight is 344 g/mol. The van der Waals surface area contributed by atoms with E-state index in [2.05, 4.69) is 0 Å². The molecule has 0 spiro atoms. The van der Waals surface area contributed by atoms with E-state index in [0.717, 1.165) is 12.5 Å². The Morgan fingerprint density at radius 1 is 0.810 bits per heavy atom. The third kappa shape index (κ3) is 12.4. The van der Waals surface area contributed by atoms with Crippen molar-refractivity contribution in [1.82, 2.24) is 0 Å². The fourth-order valence-electron chi connectivity index (χ4n) is 1.61. The molecule has 0 amide bonds. The third-order valence-electron chi connectivity index (χ3n) is 2.36. The Bertz CT molecular complexity index is 188. The predicted octanol–water partition coefficient (Wildman–Crippen LogP) is 1.03. The summed E-state index contributed by atoms with van der Waals surface area (Å²) in [6.45, 7) is 8.44. The van der Waals surface area contributed by atoms with Gasteiger partial charge in [-0.2, -0.15) is 0 Å². The minimum absolute atomic E-state index is 0.636. The van der Waals surface area contributed by atoms with Crippen LogP contribution >= 0.6 is 0 Å². The van der Waals surface area contributed by atoms with E-state index in [4.69, 9.17) is 32.3 Å². The van der Waals surface area contributed by atoms with Crippen molar-refractivity contribution in [2.75, 3.05) is 47.7 Å². The standard InChI is InChI=1S/C9H23NO3Si.C3H10O3Si/c1-4-11-14(12-5-2,13-6-3)9-7-8-10;1-4-7(5-2)6-3/h4-10H2,1-3H3;7H,1-3H3. The van der Waals surface area contributed by atoms with Gasteiger partial charge < -0.3 is 32.3 Å². The molecule has 130 valence electrons. The minimum Gasteiger partial charge on any atom is -0.379 e. The fourth-order valence-corrected chi connectivity index (χ4v) is 4.83. The molecular weight excluding hydrogens is 310 g/mol. The van der Waals surface area contributed by atoms with Crippen molar-refractivity contribution in [2.24, 2.45) is 5.73 Å². The van der Waals surface area contributed by atoms with Crippen molar-refractivity contribution in [1.29, 1.82) is 0 Å². The van der Waals surface area contributed by atoms with Crippen molar-refractivity contribution in [3.8, 4) is 0 Å². The first kappa shape index (κ1) is 23.4. The van der Waals surface area contributed by atoms with E-state index in [0.29, 0.717) is 26.4 Å². The van der Waals surface area contributed by atoms with Crippen LogP contribution in [0.15, 0.2) is 0 Å². The van der Waals surface area contributed by atoms with Crippen LogP contribution in [-0.4, -0.2) is 66.0 Å². The van der Waals surface area contributed by atoms with Crippen LogP contribution in [0.2, 0.25) is 6.04 Å². The van der Waals surface area contributed by atoms with Crippen molar-refractivity contribution in [3.05, 3.63) is 0 Å². The van der Waals surface area contributed by atoms with Crippen molar-refractivity contribution < 1.29 is 26.6 Å². The maximum absolute atomic E-state index is 5.65. The Morgan fingerprint density at radius 2 is 1.19 bits per heavy atom. The van der Waals surface area contributed by atoms with E-state index < -0.39 is 18.3 Å². The molecule has 0 saturated carbocycles. The second kappa shape index (κ2) is 16.5. The normalized spacial score (nSPS) is 11.4. The summed E-state index contributed by atoms with van der Waals surface area (Å²) in [6, 6.07) is 0.818. The summed E-state index contributed by atoms with van der Waals surface area (Å²) in [5.41, 5.74) is 5.48. The van der Waals surface area contributed by atoms with Gasteiger partial charge in [0.1, 0.15) is 0 Å². The lowest BCUT2D eigenvalue weighted by molar-refractivity contribution is 0.0710. The van der Waals surface area contributed by atoms with Crippen molar-refractivity contribution in [2.45, 2.75) is 33.2 Å². The second-order valence-electron chi connectivity index (χ2n) is 3.87. The van der Waals surface area contributed by atoms with E-state index in [1.165, 1.54) is 0 Å². The molecule has 0 rings (SSSR count). The molecular formula is C12H33NO6Si2. The van der Waals surface area contributed by atoms with Gasteiger partial charge in [0.25, 0.3) is 0 Å². The zero-order valence-corrected chi connectivity index (χ0v) is 16.5. The first-order valence-electron chi connectivity index (χ1n) is 7.29. The van der Waals surface area contributed by atoms with Crippen LogP contribution < -0.4 is 5.73 Å². The van der Waals surface area contributed by atoms with Gasteiger partial charge in [0.2, 0.25) is 0 Å². The Kier molecular flexibility index (Phi) is 18.4. The molecule has 0 aliphatic heterocycles. The molecule has 0 unspecified atom stereocenters. The summed E-state index contributed by atoms with van der Waals surface area (Å²) < 4.78 is 31.2. The first-order chi connectivity index (χ1) is 10.1. The van der Waals surface area contributed by atoms with Crippen LogP contribution in [0.1, 0.15) is 27.2 Å². The number of hydrogen-bond acceptors (Lipinski definition) is 7. The smallest absolute Gasteiger partial charge is 0.379 e. The van der Waals surface area contributed by atoms with Crippen molar-refractivity contribution >= 4 is 18.3 Å². The highest BCUT2D eigenvalue weighted by atomic mass is 28.4. The number of hydrogen-bond donors (Lipinski definition) is 1. The largest absolute Gasteiger partial charge is 0.500 e.